The van der Waals surface area contributed by atoms with E-state index in [2.05, 4.69) is 0 Å². The molecule has 1 heterocycles. The number of rotatable bonds is 4. The molecule has 0 aliphatic carbocycles. The summed E-state index contributed by atoms with van der Waals surface area (Å²) in [6, 6.07) is -1.16. The van der Waals surface area contributed by atoms with E-state index in [-0.39, 0.29) is 29.6 Å². The van der Waals surface area contributed by atoms with Crippen LogP contribution in [0.2, 0.25) is 0 Å². The second-order valence-electron chi connectivity index (χ2n) is 6.47. The van der Waals surface area contributed by atoms with Crippen molar-refractivity contribution < 1.29 is 14.4 Å². The second kappa shape index (κ2) is 6.37. The largest absolute Gasteiger partial charge is 0.332 e. The highest BCUT2D eigenvalue weighted by Gasteiger charge is 2.46. The van der Waals surface area contributed by atoms with E-state index in [1.54, 1.807) is 7.05 Å². The molecular weight excluding hydrogens is 256 g/mol. The van der Waals surface area contributed by atoms with Crippen molar-refractivity contribution in [1.82, 2.24) is 9.80 Å². The SMILES string of the molecule is CC(=O)N1C(=O)[C@H](CC(C)C)N(C)C(=O)[C@H]1CC(C)C. The second-order valence-corrected chi connectivity index (χ2v) is 6.47. The summed E-state index contributed by atoms with van der Waals surface area (Å²) < 4.78 is 0. The van der Waals surface area contributed by atoms with Gasteiger partial charge in [-0.2, -0.15) is 0 Å². The lowest BCUT2D eigenvalue weighted by atomic mass is 9.93. The van der Waals surface area contributed by atoms with Crippen molar-refractivity contribution in [3.63, 3.8) is 0 Å². The molecule has 0 aromatic heterocycles. The maximum atomic E-state index is 12.6. The average molecular weight is 282 g/mol. The zero-order valence-corrected chi connectivity index (χ0v) is 13.3. The lowest BCUT2D eigenvalue weighted by molar-refractivity contribution is -0.167. The molecule has 2 atom stereocenters. The topological polar surface area (TPSA) is 57.7 Å². The summed E-state index contributed by atoms with van der Waals surface area (Å²) in [5, 5.41) is 0. The van der Waals surface area contributed by atoms with E-state index in [0.29, 0.717) is 12.8 Å². The summed E-state index contributed by atoms with van der Waals surface area (Å²) in [5.74, 6) is -0.169. The van der Waals surface area contributed by atoms with Crippen LogP contribution in [0.4, 0.5) is 0 Å². The van der Waals surface area contributed by atoms with Crippen LogP contribution < -0.4 is 0 Å². The number of imide groups is 1. The van der Waals surface area contributed by atoms with Crippen LogP contribution in [0.3, 0.4) is 0 Å². The quantitative estimate of drug-likeness (QED) is 0.788. The Bertz CT molecular complexity index is 404. The van der Waals surface area contributed by atoms with Gasteiger partial charge >= 0.3 is 0 Å². The van der Waals surface area contributed by atoms with Crippen LogP contribution in [-0.4, -0.2) is 46.7 Å². The molecule has 0 unspecified atom stereocenters. The Kier molecular flexibility index (Phi) is 5.31. The van der Waals surface area contributed by atoms with E-state index in [1.165, 1.54) is 16.7 Å². The van der Waals surface area contributed by atoms with Crippen molar-refractivity contribution >= 4 is 17.7 Å². The van der Waals surface area contributed by atoms with Crippen LogP contribution in [0.5, 0.6) is 0 Å². The molecule has 5 nitrogen and oxygen atoms in total. The minimum Gasteiger partial charge on any atom is -0.332 e. The third-order valence-electron chi connectivity index (χ3n) is 3.66. The molecule has 0 N–H and O–H groups in total. The van der Waals surface area contributed by atoms with Crippen molar-refractivity contribution in [3.8, 4) is 0 Å². The van der Waals surface area contributed by atoms with E-state index >= 15 is 0 Å². The number of hydrogen-bond donors (Lipinski definition) is 0. The molecule has 1 fully saturated rings. The normalized spacial score (nSPS) is 24.0. The Morgan fingerprint density at radius 2 is 1.45 bits per heavy atom. The van der Waals surface area contributed by atoms with E-state index in [0.717, 1.165) is 0 Å². The summed E-state index contributed by atoms with van der Waals surface area (Å²) in [4.78, 5) is 39.6. The van der Waals surface area contributed by atoms with Crippen LogP contribution in [0.1, 0.15) is 47.5 Å². The highest BCUT2D eigenvalue weighted by atomic mass is 16.2. The molecule has 20 heavy (non-hydrogen) atoms. The van der Waals surface area contributed by atoms with Crippen molar-refractivity contribution in [2.75, 3.05) is 7.05 Å². The van der Waals surface area contributed by atoms with Gasteiger partial charge in [0.05, 0.1) is 0 Å². The van der Waals surface area contributed by atoms with Crippen LogP contribution >= 0.6 is 0 Å². The van der Waals surface area contributed by atoms with Gasteiger partial charge in [0, 0.05) is 14.0 Å². The fourth-order valence-corrected chi connectivity index (χ4v) is 2.71. The number of hydrogen-bond acceptors (Lipinski definition) is 3. The monoisotopic (exact) mass is 282 g/mol. The Hall–Kier alpha value is -1.39. The number of carbonyl (C=O) groups is 3. The molecule has 114 valence electrons. The zero-order chi connectivity index (χ0) is 15.6. The van der Waals surface area contributed by atoms with Gasteiger partial charge in [-0.1, -0.05) is 27.7 Å². The molecular formula is C15H26N2O3. The number of nitrogens with zero attached hydrogens (tertiary/aromatic N) is 2. The minimum absolute atomic E-state index is 0.126. The van der Waals surface area contributed by atoms with E-state index in [4.69, 9.17) is 0 Å². The molecule has 0 aromatic rings. The fourth-order valence-electron chi connectivity index (χ4n) is 2.71. The Labute approximate surface area is 121 Å². The average Bonchev–Trinajstić information content (AvgIpc) is 2.30. The Balaban J connectivity index is 3.10. The third-order valence-corrected chi connectivity index (χ3v) is 3.66. The molecule has 1 rings (SSSR count). The van der Waals surface area contributed by atoms with Gasteiger partial charge in [-0.25, -0.2) is 0 Å². The van der Waals surface area contributed by atoms with E-state index in [1.807, 2.05) is 27.7 Å². The standard InChI is InChI=1S/C15H26N2O3/c1-9(2)7-12-15(20)17(11(5)18)13(8-10(3)4)14(19)16(12)6/h9-10,12-13H,7-8H2,1-6H3/t12-,13+/m0/s1. The summed E-state index contributed by atoms with van der Waals surface area (Å²) in [5.41, 5.74) is 0. The van der Waals surface area contributed by atoms with Gasteiger partial charge < -0.3 is 4.90 Å². The maximum absolute atomic E-state index is 12.6. The number of likely N-dealkylation sites (N-methyl/N-ethyl adjacent to an activating group) is 1. The summed E-state index contributed by atoms with van der Waals surface area (Å²) in [7, 11) is 1.66. The number of carbonyl (C=O) groups excluding carboxylic acids is 3. The van der Waals surface area contributed by atoms with Gasteiger partial charge in [0.15, 0.2) is 0 Å². The summed E-state index contributed by atoms with van der Waals surface area (Å²) in [6.07, 6.45) is 1.10. The Morgan fingerprint density at radius 1 is 1.00 bits per heavy atom. The first kappa shape index (κ1) is 16.7. The predicted molar refractivity (Wildman–Crippen MR) is 76.8 cm³/mol. The minimum atomic E-state index is -0.645. The van der Waals surface area contributed by atoms with Crippen molar-refractivity contribution in [2.45, 2.75) is 59.5 Å². The number of amides is 3. The van der Waals surface area contributed by atoms with Crippen LogP contribution in [0.25, 0.3) is 0 Å². The predicted octanol–water partition coefficient (Wildman–Crippen LogP) is 1.66. The first-order valence-corrected chi connectivity index (χ1v) is 7.27. The lowest BCUT2D eigenvalue weighted by Crippen LogP contribution is -2.65. The summed E-state index contributed by atoms with van der Waals surface area (Å²) >= 11 is 0. The highest BCUT2D eigenvalue weighted by Crippen LogP contribution is 2.25. The first-order valence-electron chi connectivity index (χ1n) is 7.27. The fraction of sp³-hybridized carbons (Fsp3) is 0.800. The molecule has 5 heteroatoms. The van der Waals surface area contributed by atoms with Crippen molar-refractivity contribution in [1.29, 1.82) is 0 Å². The lowest BCUT2D eigenvalue weighted by Gasteiger charge is -2.43. The molecule has 3 amide bonds. The van der Waals surface area contributed by atoms with Crippen LogP contribution in [0.15, 0.2) is 0 Å². The van der Waals surface area contributed by atoms with Gasteiger partial charge in [0.2, 0.25) is 11.8 Å². The van der Waals surface area contributed by atoms with Gasteiger partial charge in [-0.3, -0.25) is 19.3 Å². The third kappa shape index (κ3) is 3.38. The smallest absolute Gasteiger partial charge is 0.252 e. The van der Waals surface area contributed by atoms with Gasteiger partial charge in [0.25, 0.3) is 5.91 Å². The molecule has 1 saturated heterocycles. The van der Waals surface area contributed by atoms with Gasteiger partial charge in [-0.15, -0.1) is 0 Å². The van der Waals surface area contributed by atoms with E-state index in [9.17, 15) is 14.4 Å². The molecule has 1 aliphatic rings. The van der Waals surface area contributed by atoms with Crippen LogP contribution in [0, 0.1) is 11.8 Å². The van der Waals surface area contributed by atoms with Gasteiger partial charge in [-0.05, 0) is 24.7 Å². The van der Waals surface area contributed by atoms with Crippen molar-refractivity contribution in [2.24, 2.45) is 11.8 Å². The Morgan fingerprint density at radius 3 is 1.85 bits per heavy atom. The van der Waals surface area contributed by atoms with E-state index < -0.39 is 12.1 Å². The highest BCUT2D eigenvalue weighted by molar-refractivity contribution is 6.05. The first-order chi connectivity index (χ1) is 9.16. The molecule has 0 radical (unpaired) electrons. The van der Waals surface area contributed by atoms with Gasteiger partial charge in [0.1, 0.15) is 12.1 Å². The zero-order valence-electron chi connectivity index (χ0n) is 13.3. The molecule has 0 saturated carbocycles. The molecule has 0 bridgehead atoms. The number of piperazine rings is 1. The summed E-state index contributed by atoms with van der Waals surface area (Å²) in [6.45, 7) is 9.33. The van der Waals surface area contributed by atoms with Crippen molar-refractivity contribution in [3.05, 3.63) is 0 Å². The molecule has 0 aromatic carbocycles. The maximum Gasteiger partial charge on any atom is 0.252 e. The van der Waals surface area contributed by atoms with Crippen LogP contribution in [-0.2, 0) is 14.4 Å². The molecule has 1 aliphatic heterocycles. The molecule has 0 spiro atoms.